The third-order valence-corrected chi connectivity index (χ3v) is 5.48. The number of nitrogens with one attached hydrogen (secondary N) is 3. The molecule has 5 N–H and O–H groups in total. The Balaban J connectivity index is 1.43. The van der Waals surface area contributed by atoms with Gasteiger partial charge in [-0.2, -0.15) is 5.10 Å². The van der Waals surface area contributed by atoms with Crippen molar-refractivity contribution in [2.75, 3.05) is 23.7 Å². The highest BCUT2D eigenvalue weighted by Crippen LogP contribution is 2.28. The minimum atomic E-state index is -0.184. The van der Waals surface area contributed by atoms with E-state index in [0.29, 0.717) is 12.4 Å². The zero-order chi connectivity index (χ0) is 20.1. The van der Waals surface area contributed by atoms with Gasteiger partial charge in [0.1, 0.15) is 5.82 Å². The van der Waals surface area contributed by atoms with Crippen LogP contribution in [0.3, 0.4) is 0 Å². The molecule has 0 aromatic carbocycles. The van der Waals surface area contributed by atoms with E-state index in [1.807, 2.05) is 23.0 Å². The van der Waals surface area contributed by atoms with Crippen LogP contribution in [0.15, 0.2) is 24.5 Å². The standard InChI is InChI=1S/C21H29N7O/c22-9-3-4-10-28-14-16(13-24-28)15-11-19-18(23-12-15)7-8-20(26-19)27-21(29)25-17-5-1-2-6-17/h7-8,11,13-14,17,23H,1-6,9-10,12,22H2,(H2,25,26,27,29). The van der Waals surface area contributed by atoms with Gasteiger partial charge in [0.05, 0.1) is 17.6 Å². The molecule has 1 saturated carbocycles. The van der Waals surface area contributed by atoms with Crippen LogP contribution in [0.4, 0.5) is 16.3 Å². The van der Waals surface area contributed by atoms with Crippen molar-refractivity contribution in [3.05, 3.63) is 35.8 Å². The number of unbranched alkanes of at least 4 members (excludes halogenated alkanes) is 1. The number of nitrogens with zero attached hydrogens (tertiary/aromatic N) is 3. The largest absolute Gasteiger partial charge is 0.379 e. The molecule has 0 bridgehead atoms. The quantitative estimate of drug-likeness (QED) is 0.539. The first-order valence-electron chi connectivity index (χ1n) is 10.5. The Morgan fingerprint density at radius 2 is 2.14 bits per heavy atom. The van der Waals surface area contributed by atoms with Gasteiger partial charge in [-0.25, -0.2) is 9.78 Å². The second kappa shape index (κ2) is 9.09. The second-order valence-electron chi connectivity index (χ2n) is 7.72. The fourth-order valence-electron chi connectivity index (χ4n) is 3.87. The minimum absolute atomic E-state index is 0.184. The molecule has 0 spiro atoms. The summed E-state index contributed by atoms with van der Waals surface area (Å²) in [6.45, 7) is 2.30. The van der Waals surface area contributed by atoms with Crippen LogP contribution in [0.25, 0.3) is 11.6 Å². The maximum absolute atomic E-state index is 12.2. The van der Waals surface area contributed by atoms with Gasteiger partial charge >= 0.3 is 6.03 Å². The number of aromatic nitrogens is 3. The van der Waals surface area contributed by atoms with Crippen molar-refractivity contribution in [1.29, 1.82) is 0 Å². The van der Waals surface area contributed by atoms with Crippen LogP contribution in [0, 0.1) is 0 Å². The lowest BCUT2D eigenvalue weighted by atomic mass is 10.0. The lowest BCUT2D eigenvalue weighted by molar-refractivity contribution is 0.248. The zero-order valence-corrected chi connectivity index (χ0v) is 16.7. The summed E-state index contributed by atoms with van der Waals surface area (Å²) in [5.41, 5.74) is 9.55. The molecule has 0 saturated heterocycles. The predicted octanol–water partition coefficient (Wildman–Crippen LogP) is 3.05. The number of carbonyl (C=O) groups is 1. The molecule has 2 amide bonds. The lowest BCUT2D eigenvalue weighted by Gasteiger charge is -2.18. The molecule has 154 valence electrons. The summed E-state index contributed by atoms with van der Waals surface area (Å²) in [5.74, 6) is 0.552. The number of rotatable bonds is 7. The molecule has 3 heterocycles. The van der Waals surface area contributed by atoms with Crippen LogP contribution < -0.4 is 21.7 Å². The van der Waals surface area contributed by atoms with Gasteiger partial charge in [-0.1, -0.05) is 12.8 Å². The van der Waals surface area contributed by atoms with Crippen LogP contribution >= 0.6 is 0 Å². The van der Waals surface area contributed by atoms with Crippen LogP contribution in [0.5, 0.6) is 0 Å². The fraction of sp³-hybridized carbons (Fsp3) is 0.476. The number of amides is 2. The Morgan fingerprint density at radius 1 is 1.28 bits per heavy atom. The Bertz CT molecular complexity index is 883. The van der Waals surface area contributed by atoms with Crippen LogP contribution in [-0.2, 0) is 6.54 Å². The molecule has 1 aliphatic carbocycles. The monoisotopic (exact) mass is 395 g/mol. The summed E-state index contributed by atoms with van der Waals surface area (Å²) in [4.78, 5) is 16.8. The van der Waals surface area contributed by atoms with E-state index in [2.05, 4.69) is 38.3 Å². The van der Waals surface area contributed by atoms with Gasteiger partial charge in [0.15, 0.2) is 0 Å². The van der Waals surface area contributed by atoms with Crippen molar-refractivity contribution in [3.63, 3.8) is 0 Å². The highest BCUT2D eigenvalue weighted by Gasteiger charge is 2.18. The highest BCUT2D eigenvalue weighted by molar-refractivity contribution is 5.91. The highest BCUT2D eigenvalue weighted by atomic mass is 16.2. The average molecular weight is 396 g/mol. The number of hydrogen-bond donors (Lipinski definition) is 4. The number of nitrogens with two attached hydrogens (primary N) is 1. The van der Waals surface area contributed by atoms with Crippen molar-refractivity contribution >= 4 is 29.2 Å². The first-order chi connectivity index (χ1) is 14.2. The topological polar surface area (TPSA) is 110 Å². The number of pyridine rings is 1. The van der Waals surface area contributed by atoms with E-state index in [-0.39, 0.29) is 12.1 Å². The lowest BCUT2D eigenvalue weighted by Crippen LogP contribution is -2.36. The molecule has 4 rings (SSSR count). The molecule has 0 atom stereocenters. The Kier molecular flexibility index (Phi) is 6.09. The normalized spacial score (nSPS) is 16.1. The maximum Gasteiger partial charge on any atom is 0.320 e. The van der Waals surface area contributed by atoms with Crippen LogP contribution in [-0.4, -0.2) is 39.9 Å². The Labute approximate surface area is 171 Å². The number of urea groups is 1. The van der Waals surface area contributed by atoms with Crippen LogP contribution in [0.2, 0.25) is 0 Å². The van der Waals surface area contributed by atoms with Crippen molar-refractivity contribution in [1.82, 2.24) is 20.1 Å². The van der Waals surface area contributed by atoms with E-state index in [9.17, 15) is 4.79 Å². The Hall–Kier alpha value is -2.87. The van der Waals surface area contributed by atoms with Gasteiger partial charge < -0.3 is 16.4 Å². The number of fused-ring (bicyclic) bond motifs is 1. The van der Waals surface area contributed by atoms with Crippen molar-refractivity contribution < 1.29 is 4.79 Å². The van der Waals surface area contributed by atoms with E-state index in [1.165, 1.54) is 12.8 Å². The smallest absolute Gasteiger partial charge is 0.320 e. The SMILES string of the molecule is NCCCCn1cc(C2=Cc3nc(NC(=O)NC4CCCC4)ccc3NC2)cn1. The second-order valence-corrected chi connectivity index (χ2v) is 7.72. The van der Waals surface area contributed by atoms with Crippen molar-refractivity contribution in [2.45, 2.75) is 51.1 Å². The summed E-state index contributed by atoms with van der Waals surface area (Å²) < 4.78 is 1.96. The van der Waals surface area contributed by atoms with Gasteiger partial charge in [0, 0.05) is 30.9 Å². The third-order valence-electron chi connectivity index (χ3n) is 5.48. The van der Waals surface area contributed by atoms with Gasteiger partial charge in [0.2, 0.25) is 0 Å². The van der Waals surface area contributed by atoms with Crippen molar-refractivity contribution in [3.8, 4) is 0 Å². The molecule has 1 fully saturated rings. The van der Waals surface area contributed by atoms with Crippen molar-refractivity contribution in [2.24, 2.45) is 5.73 Å². The number of hydrogen-bond acceptors (Lipinski definition) is 5. The summed E-state index contributed by atoms with van der Waals surface area (Å²) in [6.07, 6.45) is 12.5. The molecule has 0 radical (unpaired) electrons. The first-order valence-corrected chi connectivity index (χ1v) is 10.5. The molecule has 29 heavy (non-hydrogen) atoms. The molecule has 8 nitrogen and oxygen atoms in total. The molecule has 0 unspecified atom stereocenters. The van der Waals surface area contributed by atoms with Crippen LogP contribution in [0.1, 0.15) is 49.8 Å². The zero-order valence-electron chi connectivity index (χ0n) is 16.7. The van der Waals surface area contributed by atoms with E-state index in [4.69, 9.17) is 5.73 Å². The predicted molar refractivity (Wildman–Crippen MR) is 116 cm³/mol. The van der Waals surface area contributed by atoms with E-state index in [1.54, 1.807) is 0 Å². The molecule has 1 aliphatic heterocycles. The van der Waals surface area contributed by atoms with Gasteiger partial charge in [0.25, 0.3) is 0 Å². The first kappa shape index (κ1) is 19.4. The van der Waals surface area contributed by atoms with Gasteiger partial charge in [-0.3, -0.25) is 10.00 Å². The minimum Gasteiger partial charge on any atom is -0.379 e. The number of aryl methyl sites for hydroxylation is 1. The maximum atomic E-state index is 12.2. The number of anilines is 2. The summed E-state index contributed by atoms with van der Waals surface area (Å²) in [5, 5.41) is 13.7. The summed E-state index contributed by atoms with van der Waals surface area (Å²) >= 11 is 0. The Morgan fingerprint density at radius 3 is 2.97 bits per heavy atom. The van der Waals surface area contributed by atoms with Gasteiger partial charge in [-0.05, 0) is 56.0 Å². The van der Waals surface area contributed by atoms with E-state index in [0.717, 1.165) is 61.3 Å². The summed E-state index contributed by atoms with van der Waals surface area (Å²) in [7, 11) is 0. The average Bonchev–Trinajstić information content (AvgIpc) is 3.40. The molecular weight excluding hydrogens is 366 g/mol. The summed E-state index contributed by atoms with van der Waals surface area (Å²) in [6, 6.07) is 3.88. The molecule has 2 aromatic rings. The molecular formula is C21H29N7O. The third kappa shape index (κ3) is 4.95. The molecule has 2 aromatic heterocycles. The van der Waals surface area contributed by atoms with E-state index < -0.39 is 0 Å². The fourth-order valence-corrected chi connectivity index (χ4v) is 3.87. The van der Waals surface area contributed by atoms with E-state index >= 15 is 0 Å². The molecule has 8 heteroatoms. The molecule has 2 aliphatic rings. The van der Waals surface area contributed by atoms with Gasteiger partial charge in [-0.15, -0.1) is 0 Å². The number of carbonyl (C=O) groups excluding carboxylic acids is 1.